The van der Waals surface area contributed by atoms with Crippen molar-refractivity contribution < 1.29 is 14.3 Å². The average molecular weight is 330 g/mol. The largest absolute Gasteiger partial charge is 0.462 e. The molecule has 2 aromatic rings. The van der Waals surface area contributed by atoms with Crippen molar-refractivity contribution in [2.24, 2.45) is 0 Å². The molecule has 4 nitrogen and oxygen atoms in total. The molecule has 2 aromatic carbocycles. The van der Waals surface area contributed by atoms with Gasteiger partial charge in [-0.1, -0.05) is 23.7 Å². The Morgan fingerprint density at radius 2 is 1.91 bits per heavy atom. The second kappa shape index (κ2) is 8.15. The standard InChI is InChI=1S/C18H16ClNO3/c1-2-23-18(22)14-7-9-16(10-8-14)20-17(21)11-6-13-4-3-5-15(19)12-13/h3-12H,2H2,1H3,(H,20,21). The molecule has 0 aliphatic carbocycles. The van der Waals surface area contributed by atoms with E-state index < -0.39 is 0 Å². The van der Waals surface area contributed by atoms with Gasteiger partial charge < -0.3 is 10.1 Å². The van der Waals surface area contributed by atoms with Crippen molar-refractivity contribution >= 4 is 35.2 Å². The summed E-state index contributed by atoms with van der Waals surface area (Å²) in [4.78, 5) is 23.4. The Morgan fingerprint density at radius 3 is 2.57 bits per heavy atom. The van der Waals surface area contributed by atoms with Gasteiger partial charge in [0, 0.05) is 16.8 Å². The van der Waals surface area contributed by atoms with Crippen molar-refractivity contribution in [3.63, 3.8) is 0 Å². The van der Waals surface area contributed by atoms with Crippen molar-refractivity contribution in [2.75, 3.05) is 11.9 Å². The second-order valence-corrected chi connectivity index (χ2v) is 5.11. The highest BCUT2D eigenvalue weighted by Crippen LogP contribution is 2.13. The van der Waals surface area contributed by atoms with Crippen LogP contribution in [0, 0.1) is 0 Å². The summed E-state index contributed by atoms with van der Waals surface area (Å²) in [5, 5.41) is 3.33. The van der Waals surface area contributed by atoms with Gasteiger partial charge in [0.05, 0.1) is 12.2 Å². The van der Waals surface area contributed by atoms with Gasteiger partial charge in [-0.15, -0.1) is 0 Å². The van der Waals surface area contributed by atoms with Gasteiger partial charge in [0.25, 0.3) is 0 Å². The summed E-state index contributed by atoms with van der Waals surface area (Å²) in [6.07, 6.45) is 3.10. The Bertz CT molecular complexity index is 723. The first-order valence-corrected chi connectivity index (χ1v) is 7.48. The first-order valence-electron chi connectivity index (χ1n) is 7.10. The lowest BCUT2D eigenvalue weighted by Gasteiger charge is -2.04. The van der Waals surface area contributed by atoms with Crippen LogP contribution in [0.3, 0.4) is 0 Å². The van der Waals surface area contributed by atoms with Gasteiger partial charge in [0.1, 0.15) is 0 Å². The minimum absolute atomic E-state index is 0.270. The zero-order valence-corrected chi connectivity index (χ0v) is 13.3. The molecule has 0 fully saturated rings. The number of ether oxygens (including phenoxy) is 1. The summed E-state index contributed by atoms with van der Waals surface area (Å²) >= 11 is 5.88. The van der Waals surface area contributed by atoms with E-state index in [0.29, 0.717) is 22.9 Å². The Balaban J connectivity index is 1.96. The smallest absolute Gasteiger partial charge is 0.338 e. The number of esters is 1. The minimum atomic E-state index is -0.383. The Hall–Kier alpha value is -2.59. The number of halogens is 1. The molecule has 23 heavy (non-hydrogen) atoms. The minimum Gasteiger partial charge on any atom is -0.462 e. The van der Waals surface area contributed by atoms with Gasteiger partial charge in [-0.05, 0) is 55.0 Å². The number of carbonyl (C=O) groups excluding carboxylic acids is 2. The molecule has 0 spiro atoms. The predicted molar refractivity (Wildman–Crippen MR) is 91.5 cm³/mol. The highest BCUT2D eigenvalue weighted by molar-refractivity contribution is 6.30. The maximum atomic E-state index is 11.9. The summed E-state index contributed by atoms with van der Waals surface area (Å²) in [5.41, 5.74) is 1.88. The summed E-state index contributed by atoms with van der Waals surface area (Å²) in [6.45, 7) is 2.07. The fourth-order valence-corrected chi connectivity index (χ4v) is 2.07. The van der Waals surface area contributed by atoms with Crippen molar-refractivity contribution in [3.8, 4) is 0 Å². The van der Waals surface area contributed by atoms with Crippen LogP contribution in [-0.4, -0.2) is 18.5 Å². The zero-order chi connectivity index (χ0) is 16.7. The number of rotatable bonds is 5. The molecule has 0 bridgehead atoms. The Kier molecular flexibility index (Phi) is 5.94. The topological polar surface area (TPSA) is 55.4 Å². The number of amides is 1. The van der Waals surface area contributed by atoms with Crippen LogP contribution < -0.4 is 5.32 Å². The lowest BCUT2D eigenvalue weighted by molar-refractivity contribution is -0.111. The molecular weight excluding hydrogens is 314 g/mol. The van der Waals surface area contributed by atoms with Gasteiger partial charge in [-0.2, -0.15) is 0 Å². The number of benzene rings is 2. The van der Waals surface area contributed by atoms with Crippen molar-refractivity contribution in [3.05, 3.63) is 70.8 Å². The highest BCUT2D eigenvalue weighted by atomic mass is 35.5. The normalized spacial score (nSPS) is 10.5. The second-order valence-electron chi connectivity index (χ2n) is 4.68. The quantitative estimate of drug-likeness (QED) is 0.661. The van der Waals surface area contributed by atoms with Gasteiger partial charge in [0.15, 0.2) is 0 Å². The number of hydrogen-bond acceptors (Lipinski definition) is 3. The summed E-state index contributed by atoms with van der Waals surface area (Å²) in [6, 6.07) is 13.7. The van der Waals surface area contributed by atoms with E-state index in [0.717, 1.165) is 5.56 Å². The molecule has 0 aromatic heterocycles. The molecule has 5 heteroatoms. The average Bonchev–Trinajstić information content (AvgIpc) is 2.54. The first-order chi connectivity index (χ1) is 11.1. The van der Waals surface area contributed by atoms with Crippen molar-refractivity contribution in [1.82, 2.24) is 0 Å². The van der Waals surface area contributed by atoms with E-state index >= 15 is 0 Å². The summed E-state index contributed by atoms with van der Waals surface area (Å²) < 4.78 is 4.90. The lowest BCUT2D eigenvalue weighted by atomic mass is 10.2. The Labute approximate surface area is 139 Å². The van der Waals surface area contributed by atoms with Crippen molar-refractivity contribution in [2.45, 2.75) is 6.92 Å². The molecular formula is C18H16ClNO3. The third-order valence-corrected chi connectivity index (χ3v) is 3.17. The summed E-state index contributed by atoms with van der Waals surface area (Å²) in [7, 11) is 0. The fraction of sp³-hybridized carbons (Fsp3) is 0.111. The molecule has 1 amide bonds. The number of hydrogen-bond donors (Lipinski definition) is 1. The molecule has 1 N–H and O–H groups in total. The first kappa shape index (κ1) is 16.8. The fourth-order valence-electron chi connectivity index (χ4n) is 1.87. The van der Waals surface area contributed by atoms with Crippen LogP contribution in [0.1, 0.15) is 22.8 Å². The number of anilines is 1. The molecule has 118 valence electrons. The van der Waals surface area contributed by atoms with Crippen LogP contribution >= 0.6 is 11.6 Å². The monoisotopic (exact) mass is 329 g/mol. The van der Waals surface area contributed by atoms with Crippen LogP contribution in [0.15, 0.2) is 54.6 Å². The molecule has 0 atom stereocenters. The molecule has 0 heterocycles. The van der Waals surface area contributed by atoms with Gasteiger partial charge in [-0.3, -0.25) is 4.79 Å². The van der Waals surface area contributed by atoms with Gasteiger partial charge >= 0.3 is 5.97 Å². The van der Waals surface area contributed by atoms with E-state index in [9.17, 15) is 9.59 Å². The summed E-state index contributed by atoms with van der Waals surface area (Å²) in [5.74, 6) is -0.653. The maximum Gasteiger partial charge on any atom is 0.338 e. The van der Waals surface area contributed by atoms with E-state index in [4.69, 9.17) is 16.3 Å². The maximum absolute atomic E-state index is 11.9. The third kappa shape index (κ3) is 5.27. The van der Waals surface area contributed by atoms with Crippen LogP contribution in [0.25, 0.3) is 6.08 Å². The van der Waals surface area contributed by atoms with Crippen molar-refractivity contribution in [1.29, 1.82) is 0 Å². The van der Waals surface area contributed by atoms with Gasteiger partial charge in [-0.25, -0.2) is 4.79 Å². The molecule has 0 saturated carbocycles. The molecule has 2 rings (SSSR count). The molecule has 0 unspecified atom stereocenters. The van der Waals surface area contributed by atoms with E-state index in [-0.39, 0.29) is 11.9 Å². The lowest BCUT2D eigenvalue weighted by Crippen LogP contribution is -2.08. The molecule has 0 aliphatic rings. The van der Waals surface area contributed by atoms with E-state index in [2.05, 4.69) is 5.32 Å². The van der Waals surface area contributed by atoms with Crippen LogP contribution in [-0.2, 0) is 9.53 Å². The highest BCUT2D eigenvalue weighted by Gasteiger charge is 2.06. The van der Waals surface area contributed by atoms with E-state index in [1.54, 1.807) is 49.4 Å². The SMILES string of the molecule is CCOC(=O)c1ccc(NC(=O)C=Cc2cccc(Cl)c2)cc1. The van der Waals surface area contributed by atoms with Crippen LogP contribution in [0.2, 0.25) is 5.02 Å². The van der Waals surface area contributed by atoms with Crippen LogP contribution in [0.5, 0.6) is 0 Å². The van der Waals surface area contributed by atoms with E-state index in [1.807, 2.05) is 12.1 Å². The van der Waals surface area contributed by atoms with Crippen LogP contribution in [0.4, 0.5) is 5.69 Å². The molecule has 0 saturated heterocycles. The van der Waals surface area contributed by atoms with E-state index in [1.165, 1.54) is 6.08 Å². The molecule has 0 radical (unpaired) electrons. The van der Waals surface area contributed by atoms with Gasteiger partial charge in [0.2, 0.25) is 5.91 Å². The number of carbonyl (C=O) groups is 2. The predicted octanol–water partition coefficient (Wildman–Crippen LogP) is 4.17. The zero-order valence-electron chi connectivity index (χ0n) is 12.6. The Morgan fingerprint density at radius 1 is 1.17 bits per heavy atom. The third-order valence-electron chi connectivity index (χ3n) is 2.94. The molecule has 0 aliphatic heterocycles. The number of nitrogens with one attached hydrogen (secondary N) is 1.